The van der Waals surface area contributed by atoms with E-state index in [-0.39, 0.29) is 23.6 Å². The topological polar surface area (TPSA) is 80.6 Å². The van der Waals surface area contributed by atoms with E-state index in [2.05, 4.69) is 23.7 Å². The molecule has 1 amide bonds. The minimum absolute atomic E-state index is 0.0801. The van der Waals surface area contributed by atoms with Crippen LogP contribution in [0.15, 0.2) is 91.0 Å². The van der Waals surface area contributed by atoms with E-state index in [9.17, 15) is 14.7 Å². The van der Waals surface area contributed by atoms with Crippen molar-refractivity contribution in [2.75, 3.05) is 0 Å². The van der Waals surface area contributed by atoms with Crippen molar-refractivity contribution in [3.8, 4) is 16.9 Å². The van der Waals surface area contributed by atoms with E-state index in [4.69, 9.17) is 4.74 Å². The molecule has 4 aromatic carbocycles. The van der Waals surface area contributed by atoms with Gasteiger partial charge in [-0.3, -0.25) is 4.79 Å². The highest BCUT2D eigenvalue weighted by Gasteiger charge is 2.17. The Morgan fingerprint density at radius 2 is 1.62 bits per heavy atom. The number of aromatic carboxylic acids is 1. The fourth-order valence-electron chi connectivity index (χ4n) is 5.38. The van der Waals surface area contributed by atoms with E-state index < -0.39 is 5.97 Å². The van der Waals surface area contributed by atoms with Gasteiger partial charge in [0.1, 0.15) is 5.75 Å². The Balaban J connectivity index is 1.35. The Morgan fingerprint density at radius 1 is 0.881 bits per heavy atom. The highest BCUT2D eigenvalue weighted by molar-refractivity contribution is 5.99. The van der Waals surface area contributed by atoms with Gasteiger partial charge in [-0.1, -0.05) is 54.6 Å². The van der Waals surface area contributed by atoms with Crippen molar-refractivity contribution in [2.45, 2.75) is 53.3 Å². The Kier molecular flexibility index (Phi) is 8.16. The lowest BCUT2D eigenvalue weighted by Crippen LogP contribution is -2.26. The van der Waals surface area contributed by atoms with Crippen molar-refractivity contribution in [2.24, 2.45) is 0 Å². The fraction of sp³-hybridized carbons (Fsp3) is 0.222. The molecule has 1 aromatic heterocycles. The first kappa shape index (κ1) is 28.7. The zero-order valence-electron chi connectivity index (χ0n) is 24.6. The van der Waals surface area contributed by atoms with Gasteiger partial charge in [0.25, 0.3) is 5.91 Å². The SMILES string of the molecule is Cc1c(C)n(Cc2ccc(-c3ccccc3C(=O)O)cc2)c2ccc(C(=O)NC(C)c3cccc(OC(C)C)c3)cc12. The van der Waals surface area contributed by atoms with Crippen LogP contribution >= 0.6 is 0 Å². The molecular formula is C36H36N2O4. The highest BCUT2D eigenvalue weighted by atomic mass is 16.5. The first-order valence-corrected chi connectivity index (χ1v) is 14.2. The number of aromatic nitrogens is 1. The predicted octanol–water partition coefficient (Wildman–Crippen LogP) is 7.95. The summed E-state index contributed by atoms with van der Waals surface area (Å²) in [5.41, 5.74) is 7.90. The number of carboxylic acid groups (broad SMARTS) is 1. The number of carbonyl (C=O) groups excluding carboxylic acids is 1. The molecule has 5 rings (SSSR count). The van der Waals surface area contributed by atoms with Crippen LogP contribution in [0.25, 0.3) is 22.0 Å². The molecule has 2 N–H and O–H groups in total. The lowest BCUT2D eigenvalue weighted by Gasteiger charge is -2.17. The minimum Gasteiger partial charge on any atom is -0.491 e. The van der Waals surface area contributed by atoms with Crippen LogP contribution in [-0.2, 0) is 6.54 Å². The molecule has 214 valence electrons. The van der Waals surface area contributed by atoms with Crippen LogP contribution in [-0.4, -0.2) is 27.7 Å². The molecule has 6 nitrogen and oxygen atoms in total. The number of fused-ring (bicyclic) bond motifs is 1. The summed E-state index contributed by atoms with van der Waals surface area (Å²) in [6.07, 6.45) is 0.0801. The number of carboxylic acids is 1. The maximum absolute atomic E-state index is 13.3. The summed E-state index contributed by atoms with van der Waals surface area (Å²) in [4.78, 5) is 24.9. The average Bonchev–Trinajstić information content (AvgIpc) is 3.21. The summed E-state index contributed by atoms with van der Waals surface area (Å²) in [6.45, 7) is 10.8. The quantitative estimate of drug-likeness (QED) is 0.192. The highest BCUT2D eigenvalue weighted by Crippen LogP contribution is 2.29. The minimum atomic E-state index is -0.937. The molecule has 0 saturated heterocycles. The van der Waals surface area contributed by atoms with E-state index in [0.717, 1.165) is 44.6 Å². The van der Waals surface area contributed by atoms with Gasteiger partial charge in [0.2, 0.25) is 0 Å². The van der Waals surface area contributed by atoms with Crippen molar-refractivity contribution in [1.29, 1.82) is 0 Å². The van der Waals surface area contributed by atoms with Gasteiger partial charge in [-0.15, -0.1) is 0 Å². The molecule has 1 unspecified atom stereocenters. The van der Waals surface area contributed by atoms with Crippen LogP contribution in [0.4, 0.5) is 0 Å². The number of hydrogen-bond donors (Lipinski definition) is 2. The van der Waals surface area contributed by atoms with Gasteiger partial charge in [-0.25, -0.2) is 4.79 Å². The molecular weight excluding hydrogens is 524 g/mol. The second-order valence-corrected chi connectivity index (χ2v) is 11.0. The van der Waals surface area contributed by atoms with Crippen LogP contribution in [0.1, 0.15) is 69.9 Å². The first-order chi connectivity index (χ1) is 20.1. The van der Waals surface area contributed by atoms with E-state index in [1.165, 1.54) is 0 Å². The fourth-order valence-corrected chi connectivity index (χ4v) is 5.38. The third-order valence-electron chi connectivity index (χ3n) is 7.74. The second-order valence-electron chi connectivity index (χ2n) is 11.0. The molecule has 0 spiro atoms. The maximum Gasteiger partial charge on any atom is 0.336 e. The summed E-state index contributed by atoms with van der Waals surface area (Å²) in [6, 6.07) is 28.6. The second kappa shape index (κ2) is 12.0. The Bertz CT molecular complexity index is 1770. The summed E-state index contributed by atoms with van der Waals surface area (Å²) in [7, 11) is 0. The smallest absolute Gasteiger partial charge is 0.336 e. The average molecular weight is 561 g/mol. The molecule has 0 bridgehead atoms. The first-order valence-electron chi connectivity index (χ1n) is 14.2. The number of carbonyl (C=O) groups is 2. The third-order valence-corrected chi connectivity index (χ3v) is 7.74. The molecule has 1 heterocycles. The number of rotatable bonds is 9. The van der Waals surface area contributed by atoms with Crippen molar-refractivity contribution >= 4 is 22.8 Å². The van der Waals surface area contributed by atoms with Gasteiger partial charge >= 0.3 is 5.97 Å². The van der Waals surface area contributed by atoms with Gasteiger partial charge in [-0.05, 0) is 98.8 Å². The monoisotopic (exact) mass is 560 g/mol. The summed E-state index contributed by atoms with van der Waals surface area (Å²) in [5, 5.41) is 13.7. The standard InChI is InChI=1S/C36H36N2O4/c1-22(2)42-30-10-8-9-28(19-30)24(4)37-35(39)29-17-18-34-33(20-29)23(3)25(5)38(34)21-26-13-15-27(16-14-26)31-11-6-7-12-32(31)36(40)41/h6-20,22,24H,21H2,1-5H3,(H,37,39)(H,40,41). The van der Waals surface area contributed by atoms with Crippen molar-refractivity contribution in [3.63, 3.8) is 0 Å². The van der Waals surface area contributed by atoms with Crippen molar-refractivity contribution in [1.82, 2.24) is 9.88 Å². The molecule has 0 aliphatic rings. The van der Waals surface area contributed by atoms with Crippen molar-refractivity contribution in [3.05, 3.63) is 125 Å². The van der Waals surface area contributed by atoms with Gasteiger partial charge in [0.05, 0.1) is 17.7 Å². The van der Waals surface area contributed by atoms with Gasteiger partial charge in [0.15, 0.2) is 0 Å². The predicted molar refractivity (Wildman–Crippen MR) is 167 cm³/mol. The molecule has 6 heteroatoms. The third kappa shape index (κ3) is 5.93. The van der Waals surface area contributed by atoms with E-state index in [0.29, 0.717) is 17.7 Å². The van der Waals surface area contributed by atoms with E-state index in [1.807, 2.05) is 99.6 Å². The largest absolute Gasteiger partial charge is 0.491 e. The van der Waals surface area contributed by atoms with E-state index in [1.54, 1.807) is 12.1 Å². The molecule has 0 saturated carbocycles. The zero-order valence-corrected chi connectivity index (χ0v) is 24.6. The Morgan fingerprint density at radius 3 is 2.33 bits per heavy atom. The molecule has 5 aromatic rings. The van der Waals surface area contributed by atoms with Gasteiger partial charge in [0, 0.05) is 28.7 Å². The summed E-state index contributed by atoms with van der Waals surface area (Å²) in [5.74, 6) is -0.272. The zero-order chi connectivity index (χ0) is 30.0. The number of amides is 1. The Hall–Kier alpha value is -4.84. The molecule has 0 aliphatic heterocycles. The molecule has 0 fully saturated rings. The number of hydrogen-bond acceptors (Lipinski definition) is 3. The van der Waals surface area contributed by atoms with Gasteiger partial charge in [-0.2, -0.15) is 0 Å². The maximum atomic E-state index is 13.3. The Labute approximate surface area is 246 Å². The number of nitrogens with zero attached hydrogens (tertiary/aromatic N) is 1. The van der Waals surface area contributed by atoms with Crippen molar-refractivity contribution < 1.29 is 19.4 Å². The number of nitrogens with one attached hydrogen (secondary N) is 1. The van der Waals surface area contributed by atoms with E-state index >= 15 is 0 Å². The normalized spacial score (nSPS) is 12.0. The molecule has 0 aliphatic carbocycles. The molecule has 42 heavy (non-hydrogen) atoms. The van der Waals surface area contributed by atoms with Crippen LogP contribution in [0.5, 0.6) is 5.75 Å². The van der Waals surface area contributed by atoms with Crippen LogP contribution in [0.2, 0.25) is 0 Å². The lowest BCUT2D eigenvalue weighted by molar-refractivity contribution is 0.0697. The van der Waals surface area contributed by atoms with Crippen LogP contribution in [0, 0.1) is 13.8 Å². The number of benzene rings is 4. The van der Waals surface area contributed by atoms with Crippen LogP contribution in [0.3, 0.4) is 0 Å². The van der Waals surface area contributed by atoms with Crippen LogP contribution < -0.4 is 10.1 Å². The van der Waals surface area contributed by atoms with Gasteiger partial charge < -0.3 is 19.7 Å². The molecule has 1 atom stereocenters. The number of aryl methyl sites for hydroxylation is 1. The summed E-state index contributed by atoms with van der Waals surface area (Å²) >= 11 is 0. The lowest BCUT2D eigenvalue weighted by atomic mass is 9.99. The number of ether oxygens (including phenoxy) is 1. The molecule has 0 radical (unpaired) electrons. The summed E-state index contributed by atoms with van der Waals surface area (Å²) < 4.78 is 8.07.